The molecule has 6 rings (SSSR count). The van der Waals surface area contributed by atoms with Gasteiger partial charge in [-0.2, -0.15) is 18.3 Å². The van der Waals surface area contributed by atoms with Crippen LogP contribution in [-0.2, 0) is 7.05 Å². The summed E-state index contributed by atoms with van der Waals surface area (Å²) in [6.45, 7) is 7.01. The molecular formula is C31H32ClF3N8. The van der Waals surface area contributed by atoms with E-state index in [1.165, 1.54) is 6.20 Å². The lowest BCUT2D eigenvalue weighted by Crippen LogP contribution is -2.52. The molecule has 0 saturated heterocycles. The van der Waals surface area contributed by atoms with Crippen LogP contribution in [0.15, 0.2) is 54.6 Å². The zero-order valence-corrected chi connectivity index (χ0v) is 25.0. The van der Waals surface area contributed by atoms with Gasteiger partial charge in [-0.25, -0.2) is 0 Å². The molecule has 12 heteroatoms. The number of benzene rings is 2. The summed E-state index contributed by atoms with van der Waals surface area (Å²) in [7, 11) is 1.84. The molecule has 8 nitrogen and oxygen atoms in total. The minimum atomic E-state index is -4.38. The molecule has 224 valence electrons. The minimum Gasteiger partial charge on any atom is -0.383 e. The molecule has 2 aromatic heterocycles. The summed E-state index contributed by atoms with van der Waals surface area (Å²) in [6.07, 6.45) is 6.35. The Morgan fingerprint density at radius 1 is 1.16 bits per heavy atom. The number of aryl methyl sites for hydroxylation is 1. The zero-order valence-electron chi connectivity index (χ0n) is 24.2. The summed E-state index contributed by atoms with van der Waals surface area (Å²) in [5.41, 5.74) is 8.55. The van der Waals surface area contributed by atoms with E-state index in [2.05, 4.69) is 58.4 Å². The number of hydrazine groups is 2. The van der Waals surface area contributed by atoms with Gasteiger partial charge in [0.1, 0.15) is 0 Å². The number of nitrogens with one attached hydrogen (secondary N) is 4. The number of anilines is 2. The van der Waals surface area contributed by atoms with Crippen molar-refractivity contribution in [3.8, 4) is 12.3 Å². The van der Waals surface area contributed by atoms with Gasteiger partial charge in [0.2, 0.25) is 0 Å². The fourth-order valence-electron chi connectivity index (χ4n) is 5.42. The summed E-state index contributed by atoms with van der Waals surface area (Å²) in [4.78, 5) is 4.52. The number of aromatic nitrogens is 3. The van der Waals surface area contributed by atoms with Crippen LogP contribution in [0.25, 0.3) is 21.8 Å². The van der Waals surface area contributed by atoms with Crippen molar-refractivity contribution in [3.05, 3.63) is 70.8 Å². The standard InChI is InChI=1S/C31H32ClF3N8/c1-6-18-14-36-27-21(26(18)37-17-29(2,3)4)12-19(13-23(27)32)39-28(20-8-7-9-25-22(20)15-38-42(25)5)24-16-43(41-40-24)30(10-11-30)31(33,34)35/h1,7-9,12-16,28,39-41H,10-11,17H2,2-5H3,(H,36,37)/t28-/m0/s1. The van der Waals surface area contributed by atoms with Crippen molar-refractivity contribution in [2.75, 3.05) is 17.2 Å². The zero-order chi connectivity index (χ0) is 30.7. The molecule has 0 radical (unpaired) electrons. The van der Waals surface area contributed by atoms with Gasteiger partial charge < -0.3 is 16.1 Å². The molecule has 0 unspecified atom stereocenters. The second-order valence-electron chi connectivity index (χ2n) is 12.3. The van der Waals surface area contributed by atoms with Crippen LogP contribution in [-0.4, -0.2) is 38.0 Å². The number of halogens is 4. The first-order valence-electron chi connectivity index (χ1n) is 13.9. The van der Waals surface area contributed by atoms with E-state index >= 15 is 0 Å². The number of terminal acetylenes is 1. The van der Waals surface area contributed by atoms with E-state index in [4.69, 9.17) is 18.0 Å². The lowest BCUT2D eigenvalue weighted by atomic mass is 9.96. The molecule has 2 aromatic carbocycles. The predicted octanol–water partition coefficient (Wildman–Crippen LogP) is 6.63. The fraction of sp³-hybridized carbons (Fsp3) is 0.355. The highest BCUT2D eigenvalue weighted by Gasteiger charge is 2.67. The second-order valence-corrected chi connectivity index (χ2v) is 12.7. The van der Waals surface area contributed by atoms with E-state index in [1.807, 2.05) is 31.3 Å². The molecule has 4 N–H and O–H groups in total. The van der Waals surface area contributed by atoms with Crippen LogP contribution < -0.4 is 21.6 Å². The summed E-state index contributed by atoms with van der Waals surface area (Å²) >= 11 is 6.78. The number of alkyl halides is 3. The topological polar surface area (TPSA) is 82.1 Å². The van der Waals surface area contributed by atoms with Gasteiger partial charge in [-0.1, -0.05) is 50.4 Å². The monoisotopic (exact) mass is 608 g/mol. The van der Waals surface area contributed by atoms with Gasteiger partial charge in [-0.3, -0.25) is 14.7 Å². The van der Waals surface area contributed by atoms with Crippen LogP contribution in [0.4, 0.5) is 24.5 Å². The van der Waals surface area contributed by atoms with Crippen molar-refractivity contribution in [2.45, 2.75) is 51.4 Å². The van der Waals surface area contributed by atoms with Crippen LogP contribution in [0.3, 0.4) is 0 Å². The van der Waals surface area contributed by atoms with Crippen LogP contribution in [0.5, 0.6) is 0 Å². The average Bonchev–Trinajstić information content (AvgIpc) is 3.49. The van der Waals surface area contributed by atoms with Gasteiger partial charge in [-0.15, -0.1) is 12.0 Å². The number of hydrogen-bond donors (Lipinski definition) is 4. The van der Waals surface area contributed by atoms with E-state index in [1.54, 1.807) is 23.1 Å². The highest BCUT2D eigenvalue weighted by atomic mass is 35.5. The SMILES string of the molecule is C#Cc1cnc2c(Cl)cc(N[C@H](C3=CN(C4(C(F)(F)F)CC4)NN3)c3cccc4c3cnn4C)cc2c1NCC(C)(C)C. The van der Waals surface area contributed by atoms with Gasteiger partial charge >= 0.3 is 6.18 Å². The number of hydrogen-bond acceptors (Lipinski definition) is 7. The molecule has 3 heterocycles. The van der Waals surface area contributed by atoms with Gasteiger partial charge in [-0.05, 0) is 42.0 Å². The van der Waals surface area contributed by atoms with Gasteiger partial charge in [0.05, 0.1) is 45.2 Å². The van der Waals surface area contributed by atoms with Gasteiger partial charge in [0.25, 0.3) is 0 Å². The fourth-order valence-corrected chi connectivity index (χ4v) is 5.69. The van der Waals surface area contributed by atoms with Crippen LogP contribution >= 0.6 is 11.6 Å². The molecule has 1 atom stereocenters. The first-order valence-corrected chi connectivity index (χ1v) is 14.3. The van der Waals surface area contributed by atoms with Crippen molar-refractivity contribution < 1.29 is 13.2 Å². The van der Waals surface area contributed by atoms with E-state index in [0.29, 0.717) is 34.0 Å². The molecule has 2 aliphatic rings. The largest absolute Gasteiger partial charge is 0.413 e. The normalized spacial score (nSPS) is 17.0. The Labute approximate surface area is 252 Å². The minimum absolute atomic E-state index is 0.0143. The highest BCUT2D eigenvalue weighted by Crippen LogP contribution is 2.54. The van der Waals surface area contributed by atoms with Crippen molar-refractivity contribution in [2.24, 2.45) is 12.5 Å². The van der Waals surface area contributed by atoms with Crippen molar-refractivity contribution in [3.63, 3.8) is 0 Å². The first-order chi connectivity index (χ1) is 20.3. The predicted molar refractivity (Wildman–Crippen MR) is 164 cm³/mol. The molecule has 1 saturated carbocycles. The Bertz CT molecular complexity index is 1790. The number of nitrogens with zero attached hydrogens (tertiary/aromatic N) is 4. The quantitative estimate of drug-likeness (QED) is 0.175. The number of rotatable bonds is 7. The molecule has 0 spiro atoms. The van der Waals surface area contributed by atoms with Crippen LogP contribution in [0.2, 0.25) is 5.02 Å². The molecule has 1 aliphatic heterocycles. The molecule has 1 fully saturated rings. The van der Waals surface area contributed by atoms with Crippen molar-refractivity contribution in [1.82, 2.24) is 30.7 Å². The van der Waals surface area contributed by atoms with Gasteiger partial charge in [0.15, 0.2) is 5.54 Å². The smallest absolute Gasteiger partial charge is 0.383 e. The Balaban J connectivity index is 1.46. The maximum atomic E-state index is 14.0. The summed E-state index contributed by atoms with van der Waals surface area (Å²) in [5, 5.41) is 14.6. The van der Waals surface area contributed by atoms with E-state index in [-0.39, 0.29) is 18.3 Å². The molecular weight excluding hydrogens is 577 g/mol. The highest BCUT2D eigenvalue weighted by molar-refractivity contribution is 6.35. The Morgan fingerprint density at radius 3 is 2.60 bits per heavy atom. The number of fused-ring (bicyclic) bond motifs is 2. The third-order valence-electron chi connectivity index (χ3n) is 7.94. The Kier molecular flexibility index (Phi) is 6.90. The summed E-state index contributed by atoms with van der Waals surface area (Å²) < 4.78 is 43.7. The Hall–Kier alpha value is -4.14. The second kappa shape index (κ2) is 10.2. The summed E-state index contributed by atoms with van der Waals surface area (Å²) in [6, 6.07) is 8.85. The number of pyridine rings is 1. The van der Waals surface area contributed by atoms with Crippen LogP contribution in [0, 0.1) is 17.8 Å². The third kappa shape index (κ3) is 5.19. The molecule has 0 bridgehead atoms. The van der Waals surface area contributed by atoms with Gasteiger partial charge in [0, 0.05) is 42.4 Å². The average molecular weight is 609 g/mol. The van der Waals surface area contributed by atoms with E-state index < -0.39 is 17.8 Å². The van der Waals surface area contributed by atoms with Crippen molar-refractivity contribution in [1.29, 1.82) is 0 Å². The van der Waals surface area contributed by atoms with Crippen LogP contribution in [0.1, 0.15) is 50.8 Å². The lowest BCUT2D eigenvalue weighted by molar-refractivity contribution is -0.195. The van der Waals surface area contributed by atoms with Crippen molar-refractivity contribution >= 4 is 44.8 Å². The summed E-state index contributed by atoms with van der Waals surface area (Å²) in [5.74, 6) is 2.71. The molecule has 43 heavy (non-hydrogen) atoms. The van der Waals surface area contributed by atoms with E-state index in [0.717, 1.165) is 32.5 Å². The van der Waals surface area contributed by atoms with E-state index in [9.17, 15) is 13.2 Å². The maximum absolute atomic E-state index is 14.0. The maximum Gasteiger partial charge on any atom is 0.413 e. The third-order valence-corrected chi connectivity index (χ3v) is 8.22. The molecule has 4 aromatic rings. The molecule has 1 aliphatic carbocycles. The molecule has 0 amide bonds. The lowest BCUT2D eigenvalue weighted by Gasteiger charge is -2.28. The Morgan fingerprint density at radius 2 is 1.93 bits per heavy atom. The first kappa shape index (κ1) is 29.0.